The first-order chi connectivity index (χ1) is 13.1. The third-order valence-electron chi connectivity index (χ3n) is 5.92. The second kappa shape index (κ2) is 7.18. The van der Waals surface area contributed by atoms with Gasteiger partial charge in [0.1, 0.15) is 0 Å². The summed E-state index contributed by atoms with van der Waals surface area (Å²) in [6, 6.07) is 18.6. The standard InChI is InChI=1S/C23H26N2O2/c1-17-7-9-18(10-8-17)14-25-15-19(13-21(25)26)22(27)24-16-23(11-12-23)20-5-3-2-4-6-20/h2-10,19H,11-16H2,1H3,(H,24,27). The van der Waals surface area contributed by atoms with Crippen molar-refractivity contribution < 1.29 is 9.59 Å². The van der Waals surface area contributed by atoms with Gasteiger partial charge < -0.3 is 10.2 Å². The van der Waals surface area contributed by atoms with Crippen LogP contribution >= 0.6 is 0 Å². The molecule has 2 aromatic carbocycles. The zero-order chi connectivity index (χ0) is 18.9. The van der Waals surface area contributed by atoms with E-state index in [0.29, 0.717) is 26.1 Å². The average molecular weight is 362 g/mol. The molecule has 0 spiro atoms. The molecule has 2 amide bonds. The van der Waals surface area contributed by atoms with Crippen molar-refractivity contribution in [2.45, 2.75) is 38.1 Å². The molecule has 1 aliphatic heterocycles. The maximum atomic E-state index is 12.6. The van der Waals surface area contributed by atoms with Crippen LogP contribution < -0.4 is 5.32 Å². The Morgan fingerprint density at radius 2 is 1.81 bits per heavy atom. The number of nitrogens with zero attached hydrogens (tertiary/aromatic N) is 1. The van der Waals surface area contributed by atoms with Crippen molar-refractivity contribution in [3.63, 3.8) is 0 Å². The number of nitrogens with one attached hydrogen (secondary N) is 1. The third-order valence-corrected chi connectivity index (χ3v) is 5.92. The number of rotatable bonds is 6. The number of hydrogen-bond acceptors (Lipinski definition) is 2. The van der Waals surface area contributed by atoms with Crippen molar-refractivity contribution in [1.29, 1.82) is 0 Å². The fourth-order valence-electron chi connectivity index (χ4n) is 3.93. The predicted molar refractivity (Wildman–Crippen MR) is 105 cm³/mol. The lowest BCUT2D eigenvalue weighted by molar-refractivity contribution is -0.129. The SMILES string of the molecule is Cc1ccc(CN2CC(C(=O)NCC3(c4ccccc4)CC3)CC2=O)cc1. The summed E-state index contributed by atoms with van der Waals surface area (Å²) in [5.41, 5.74) is 3.71. The van der Waals surface area contributed by atoms with E-state index in [1.54, 1.807) is 4.90 Å². The Morgan fingerprint density at radius 1 is 1.11 bits per heavy atom. The van der Waals surface area contributed by atoms with E-state index in [1.165, 1.54) is 11.1 Å². The van der Waals surface area contributed by atoms with Crippen molar-refractivity contribution >= 4 is 11.8 Å². The number of benzene rings is 2. The van der Waals surface area contributed by atoms with E-state index >= 15 is 0 Å². The van der Waals surface area contributed by atoms with Crippen molar-refractivity contribution in [3.05, 3.63) is 71.3 Å². The summed E-state index contributed by atoms with van der Waals surface area (Å²) in [7, 11) is 0. The van der Waals surface area contributed by atoms with Gasteiger partial charge in [0.25, 0.3) is 0 Å². The minimum absolute atomic E-state index is 0.0111. The van der Waals surface area contributed by atoms with Gasteiger partial charge >= 0.3 is 0 Å². The van der Waals surface area contributed by atoms with Gasteiger partial charge in [0.05, 0.1) is 5.92 Å². The molecule has 0 aromatic heterocycles. The molecule has 2 aromatic rings. The maximum absolute atomic E-state index is 12.6. The summed E-state index contributed by atoms with van der Waals surface area (Å²) >= 11 is 0. The van der Waals surface area contributed by atoms with Crippen LogP contribution in [0.5, 0.6) is 0 Å². The zero-order valence-electron chi connectivity index (χ0n) is 15.8. The van der Waals surface area contributed by atoms with Crippen LogP contribution in [0.25, 0.3) is 0 Å². The summed E-state index contributed by atoms with van der Waals surface area (Å²) in [6.45, 7) is 3.81. The Morgan fingerprint density at radius 3 is 2.48 bits per heavy atom. The molecule has 1 heterocycles. The summed E-state index contributed by atoms with van der Waals surface area (Å²) in [6.07, 6.45) is 2.54. The lowest BCUT2D eigenvalue weighted by Crippen LogP contribution is -2.37. The van der Waals surface area contributed by atoms with Gasteiger partial charge in [-0.05, 0) is 30.9 Å². The van der Waals surface area contributed by atoms with E-state index in [9.17, 15) is 9.59 Å². The lowest BCUT2D eigenvalue weighted by atomic mass is 9.95. The number of carbonyl (C=O) groups excluding carboxylic acids is 2. The molecule has 1 saturated heterocycles. The van der Waals surface area contributed by atoms with Crippen molar-refractivity contribution in [3.8, 4) is 0 Å². The molecular weight excluding hydrogens is 336 g/mol. The first-order valence-electron chi connectivity index (χ1n) is 9.72. The largest absolute Gasteiger partial charge is 0.355 e. The zero-order valence-corrected chi connectivity index (χ0v) is 15.8. The summed E-state index contributed by atoms with van der Waals surface area (Å²) < 4.78 is 0. The van der Waals surface area contributed by atoms with Crippen molar-refractivity contribution in [1.82, 2.24) is 10.2 Å². The van der Waals surface area contributed by atoms with E-state index in [2.05, 4.69) is 41.7 Å². The molecule has 140 valence electrons. The second-order valence-electron chi connectivity index (χ2n) is 8.03. The van der Waals surface area contributed by atoms with Crippen LogP contribution in [-0.2, 0) is 21.5 Å². The Bertz CT molecular complexity index is 825. The molecule has 0 radical (unpaired) electrons. The minimum atomic E-state index is -0.241. The number of carbonyl (C=O) groups is 2. The topological polar surface area (TPSA) is 49.4 Å². The fourth-order valence-corrected chi connectivity index (χ4v) is 3.93. The molecule has 4 nitrogen and oxygen atoms in total. The fraction of sp³-hybridized carbons (Fsp3) is 0.391. The monoisotopic (exact) mass is 362 g/mol. The van der Waals surface area contributed by atoms with E-state index in [0.717, 1.165) is 18.4 Å². The number of hydrogen-bond donors (Lipinski definition) is 1. The van der Waals surface area contributed by atoms with Gasteiger partial charge in [0.15, 0.2) is 0 Å². The van der Waals surface area contributed by atoms with Gasteiger partial charge in [-0.3, -0.25) is 9.59 Å². The van der Waals surface area contributed by atoms with E-state index in [1.807, 2.05) is 25.1 Å². The number of aryl methyl sites for hydroxylation is 1. The van der Waals surface area contributed by atoms with Crippen LogP contribution in [0.4, 0.5) is 0 Å². The van der Waals surface area contributed by atoms with Crippen LogP contribution in [0.15, 0.2) is 54.6 Å². The molecule has 1 atom stereocenters. The molecular formula is C23H26N2O2. The normalized spacial score (nSPS) is 20.6. The summed E-state index contributed by atoms with van der Waals surface area (Å²) in [5.74, 6) is -0.161. The molecule has 1 N–H and O–H groups in total. The smallest absolute Gasteiger partial charge is 0.225 e. The lowest BCUT2D eigenvalue weighted by Gasteiger charge is -2.19. The van der Waals surface area contributed by atoms with Crippen molar-refractivity contribution in [2.24, 2.45) is 5.92 Å². The van der Waals surface area contributed by atoms with Gasteiger partial charge in [-0.15, -0.1) is 0 Å². The van der Waals surface area contributed by atoms with Crippen LogP contribution in [0.2, 0.25) is 0 Å². The molecule has 1 aliphatic carbocycles. The summed E-state index contributed by atoms with van der Waals surface area (Å²) in [4.78, 5) is 26.8. The minimum Gasteiger partial charge on any atom is -0.355 e. The summed E-state index contributed by atoms with van der Waals surface area (Å²) in [5, 5.41) is 3.12. The van der Waals surface area contributed by atoms with Gasteiger partial charge in [0, 0.05) is 31.5 Å². The van der Waals surface area contributed by atoms with Gasteiger partial charge in [0.2, 0.25) is 11.8 Å². The van der Waals surface area contributed by atoms with Gasteiger partial charge in [-0.1, -0.05) is 60.2 Å². The molecule has 4 rings (SSSR count). The first-order valence-corrected chi connectivity index (χ1v) is 9.72. The highest BCUT2D eigenvalue weighted by Gasteiger charge is 2.45. The van der Waals surface area contributed by atoms with E-state index in [-0.39, 0.29) is 23.1 Å². The molecule has 0 bridgehead atoms. The van der Waals surface area contributed by atoms with Crippen LogP contribution in [0.1, 0.15) is 36.0 Å². The highest BCUT2D eigenvalue weighted by Crippen LogP contribution is 2.47. The number of likely N-dealkylation sites (tertiary alicyclic amines) is 1. The van der Waals surface area contributed by atoms with E-state index < -0.39 is 0 Å². The predicted octanol–water partition coefficient (Wildman–Crippen LogP) is 3.19. The maximum Gasteiger partial charge on any atom is 0.225 e. The van der Waals surface area contributed by atoms with Crippen LogP contribution in [0, 0.1) is 12.8 Å². The van der Waals surface area contributed by atoms with E-state index in [4.69, 9.17) is 0 Å². The Labute approximate surface area is 160 Å². The highest BCUT2D eigenvalue weighted by molar-refractivity contribution is 5.89. The molecule has 4 heteroatoms. The quantitative estimate of drug-likeness (QED) is 0.858. The van der Waals surface area contributed by atoms with Crippen molar-refractivity contribution in [2.75, 3.05) is 13.1 Å². The molecule has 1 saturated carbocycles. The van der Waals surface area contributed by atoms with Gasteiger partial charge in [-0.25, -0.2) is 0 Å². The molecule has 1 unspecified atom stereocenters. The van der Waals surface area contributed by atoms with Crippen LogP contribution in [-0.4, -0.2) is 29.8 Å². The Hall–Kier alpha value is -2.62. The Balaban J connectivity index is 1.32. The molecule has 27 heavy (non-hydrogen) atoms. The number of amides is 2. The Kier molecular flexibility index (Phi) is 4.73. The third kappa shape index (κ3) is 3.90. The molecule has 2 fully saturated rings. The average Bonchev–Trinajstić information content (AvgIpc) is 3.40. The van der Waals surface area contributed by atoms with Crippen LogP contribution in [0.3, 0.4) is 0 Å². The second-order valence-corrected chi connectivity index (χ2v) is 8.03. The molecule has 2 aliphatic rings. The first kappa shape index (κ1) is 17.8. The van der Waals surface area contributed by atoms with Gasteiger partial charge in [-0.2, -0.15) is 0 Å². The highest BCUT2D eigenvalue weighted by atomic mass is 16.2.